The molecule has 0 spiro atoms. The molecule has 4 aliphatic rings. The van der Waals surface area contributed by atoms with Gasteiger partial charge >= 0.3 is 18.4 Å². The Morgan fingerprint density at radius 3 is 1.96 bits per heavy atom. The van der Waals surface area contributed by atoms with Gasteiger partial charge in [-0.25, -0.2) is 14.8 Å². The average Bonchev–Trinajstić information content (AvgIpc) is 3.79. The number of anilines is 4. The number of rotatable bonds is 7. The van der Waals surface area contributed by atoms with Crippen molar-refractivity contribution in [1.29, 1.82) is 0 Å². The summed E-state index contributed by atoms with van der Waals surface area (Å²) in [4.78, 5) is 27.9. The molecule has 2 atom stereocenters. The second kappa shape index (κ2) is 17.3. The van der Waals surface area contributed by atoms with E-state index in [1.807, 2.05) is 12.1 Å². The van der Waals surface area contributed by atoms with Crippen LogP contribution in [0.25, 0.3) is 22.5 Å². The molecule has 2 amide bonds. The van der Waals surface area contributed by atoms with Crippen molar-refractivity contribution in [2.45, 2.75) is 50.1 Å². The maximum absolute atomic E-state index is 13.1. The fourth-order valence-corrected chi connectivity index (χ4v) is 7.06. The zero-order valence-electron chi connectivity index (χ0n) is 30.5. The number of hydrogen-bond acceptors (Lipinski definition) is 9. The van der Waals surface area contributed by atoms with Gasteiger partial charge in [-0.15, -0.1) is 0 Å². The minimum absolute atomic E-state index is 0.0218. The number of aliphatic hydroxyl groups excluding tert-OH is 2. The number of pyridine rings is 2. The predicted octanol–water partition coefficient (Wildman–Crippen LogP) is 6.36. The number of hydrogen-bond donors (Lipinski definition) is 5. The van der Waals surface area contributed by atoms with E-state index in [-0.39, 0.29) is 25.3 Å². The number of nitrogens with zero attached hydrogens (tertiary/aromatic N) is 5. The fourth-order valence-electron chi connectivity index (χ4n) is 7.06. The van der Waals surface area contributed by atoms with Gasteiger partial charge in [0, 0.05) is 63.1 Å². The van der Waals surface area contributed by atoms with E-state index < -0.39 is 23.5 Å². The molecular weight excluding hydrogens is 742 g/mol. The molecule has 4 aromatic rings. The van der Waals surface area contributed by atoms with Crippen LogP contribution in [-0.4, -0.2) is 90.8 Å². The monoisotopic (exact) mass is 786 g/mol. The maximum Gasteiger partial charge on any atom is 0.416 e. The summed E-state index contributed by atoms with van der Waals surface area (Å²) in [6.45, 7) is 4.59. The van der Waals surface area contributed by atoms with Crippen LogP contribution in [0.5, 0.6) is 0 Å². The molecule has 0 saturated carbocycles. The van der Waals surface area contributed by atoms with E-state index >= 15 is 0 Å². The second-order valence-electron chi connectivity index (χ2n) is 13.8. The van der Waals surface area contributed by atoms with Gasteiger partial charge in [0.05, 0.1) is 39.9 Å². The molecule has 2 aromatic carbocycles. The number of carbonyl (C=O) groups is 1. The van der Waals surface area contributed by atoms with Crippen LogP contribution in [0.3, 0.4) is 0 Å². The summed E-state index contributed by atoms with van der Waals surface area (Å²) in [5.41, 5.74) is 7.18. The third-order valence-corrected chi connectivity index (χ3v) is 9.86. The van der Waals surface area contributed by atoms with Gasteiger partial charge in [-0.1, -0.05) is 24.3 Å². The van der Waals surface area contributed by atoms with E-state index in [0.717, 1.165) is 80.4 Å². The normalized spacial score (nSPS) is 17.8. The number of carbonyl (C=O) groups excluding carboxylic acids is 1. The van der Waals surface area contributed by atoms with Crippen LogP contribution in [0.1, 0.15) is 36.8 Å². The third kappa shape index (κ3) is 9.28. The maximum atomic E-state index is 13.1. The predicted molar refractivity (Wildman–Crippen MR) is 203 cm³/mol. The quantitative estimate of drug-likeness (QED) is 0.107. The first-order valence-electron chi connectivity index (χ1n) is 18.4. The molecule has 4 bridgehead atoms. The number of aliphatic hydroxyl groups is 2. The summed E-state index contributed by atoms with van der Waals surface area (Å²) < 4.78 is 77.7. The standard InChI is InChI=1S/C20H21F3N4O2.C16H14F3N3.C3H9NO/c21-20(22,23)14-4-1-3-13(11-14)16-5-6-17-18(25-16)27(15-7-9-26(17)12-15)19(29)24-8-2-10-28;17-16(18,19)11-3-1-2-10(8-11)13-4-5-14-15(21-13)20-12-6-7-22(14)9-12;4-2-1-3-5/h1,3-6,11,15,28H,2,7-10,12H2,(H,24,29);1-5,8,12H,6-7,9H2,(H,20,21);5H,1-4H2/t15-;12-;/m00./s1. The summed E-state index contributed by atoms with van der Waals surface area (Å²) in [7, 11) is 0. The number of nitrogens with one attached hydrogen (secondary N) is 2. The van der Waals surface area contributed by atoms with E-state index in [9.17, 15) is 31.1 Å². The lowest BCUT2D eigenvalue weighted by Crippen LogP contribution is -2.51. The molecular formula is C39H44F6N8O3. The largest absolute Gasteiger partial charge is 0.416 e. The van der Waals surface area contributed by atoms with Crippen LogP contribution in [0.4, 0.5) is 54.1 Å². The average molecular weight is 787 g/mol. The van der Waals surface area contributed by atoms with Crippen molar-refractivity contribution in [3.05, 3.63) is 83.9 Å². The number of benzene rings is 2. The Hall–Kier alpha value is -5.13. The molecule has 0 aliphatic carbocycles. The number of alkyl halides is 6. The summed E-state index contributed by atoms with van der Waals surface area (Å²) in [5, 5.41) is 23.1. The molecule has 11 nitrogen and oxygen atoms in total. The minimum atomic E-state index is -4.44. The number of nitrogens with two attached hydrogens (primary N) is 1. The SMILES string of the molecule is FC(F)(F)c1cccc(-c2ccc3c(n2)N[C@H]2CCN3C2)c1.NCCCO.O=C(NCCCO)N1c2nc(-c3cccc(C(F)(F)F)c3)ccc2N2CC[C@H]1C2. The van der Waals surface area contributed by atoms with Crippen molar-refractivity contribution in [2.24, 2.45) is 5.73 Å². The van der Waals surface area contributed by atoms with Crippen molar-refractivity contribution in [2.75, 3.05) is 72.5 Å². The van der Waals surface area contributed by atoms with Crippen LogP contribution in [0, 0.1) is 0 Å². The first-order valence-corrected chi connectivity index (χ1v) is 18.4. The van der Waals surface area contributed by atoms with Crippen LogP contribution < -0.4 is 31.1 Å². The van der Waals surface area contributed by atoms with Gasteiger partial charge in [-0.3, -0.25) is 4.90 Å². The van der Waals surface area contributed by atoms with Gasteiger partial charge in [0.25, 0.3) is 0 Å². The molecule has 6 heterocycles. The van der Waals surface area contributed by atoms with Gasteiger partial charge in [-0.2, -0.15) is 26.3 Å². The van der Waals surface area contributed by atoms with E-state index in [0.29, 0.717) is 60.4 Å². The zero-order chi connectivity index (χ0) is 40.0. The fraction of sp³-hybridized carbons (Fsp3) is 0.410. The topological polar surface area (TPSA) is 143 Å². The highest BCUT2D eigenvalue weighted by molar-refractivity contribution is 5.97. The Morgan fingerprint density at radius 2 is 1.38 bits per heavy atom. The Bertz CT molecular complexity index is 1980. The molecule has 2 fully saturated rings. The van der Waals surface area contributed by atoms with E-state index in [1.165, 1.54) is 12.1 Å². The lowest BCUT2D eigenvalue weighted by atomic mass is 10.1. The van der Waals surface area contributed by atoms with Gasteiger partial charge in [0.1, 0.15) is 0 Å². The lowest BCUT2D eigenvalue weighted by molar-refractivity contribution is -0.138. The number of amides is 2. The van der Waals surface area contributed by atoms with Crippen molar-refractivity contribution in [1.82, 2.24) is 15.3 Å². The number of halogens is 6. The van der Waals surface area contributed by atoms with Crippen molar-refractivity contribution in [3.8, 4) is 22.5 Å². The summed E-state index contributed by atoms with van der Waals surface area (Å²) in [6, 6.07) is 17.6. The Kier molecular flexibility index (Phi) is 12.6. The molecule has 2 aromatic heterocycles. The van der Waals surface area contributed by atoms with Crippen molar-refractivity contribution >= 4 is 29.0 Å². The molecule has 0 unspecified atom stereocenters. The van der Waals surface area contributed by atoms with E-state index in [4.69, 9.17) is 15.9 Å². The summed E-state index contributed by atoms with van der Waals surface area (Å²) >= 11 is 0. The Morgan fingerprint density at radius 1 is 0.786 bits per heavy atom. The smallest absolute Gasteiger partial charge is 0.396 e. The molecule has 4 aliphatic heterocycles. The highest BCUT2D eigenvalue weighted by Gasteiger charge is 2.40. The Labute approximate surface area is 320 Å². The molecule has 8 rings (SSSR count). The highest BCUT2D eigenvalue weighted by atomic mass is 19.4. The number of urea groups is 1. The Balaban J connectivity index is 0.000000174. The van der Waals surface area contributed by atoms with Gasteiger partial charge in [0.15, 0.2) is 11.6 Å². The second-order valence-corrected chi connectivity index (χ2v) is 13.8. The number of fused-ring (bicyclic) bond motifs is 8. The lowest BCUT2D eigenvalue weighted by Gasteiger charge is -2.36. The first kappa shape index (κ1) is 40.5. The van der Waals surface area contributed by atoms with Crippen LogP contribution in [-0.2, 0) is 12.4 Å². The van der Waals surface area contributed by atoms with Crippen LogP contribution in [0.15, 0.2) is 72.8 Å². The molecule has 300 valence electrons. The molecule has 56 heavy (non-hydrogen) atoms. The molecule has 6 N–H and O–H groups in total. The summed E-state index contributed by atoms with van der Waals surface area (Å²) in [5.74, 6) is 1.22. The van der Waals surface area contributed by atoms with Gasteiger partial charge in [-0.05, 0) is 80.8 Å². The third-order valence-electron chi connectivity index (χ3n) is 9.86. The van der Waals surface area contributed by atoms with Crippen LogP contribution in [0.2, 0.25) is 0 Å². The van der Waals surface area contributed by atoms with Crippen LogP contribution >= 0.6 is 0 Å². The first-order chi connectivity index (χ1) is 26.8. The molecule has 17 heteroatoms. The zero-order valence-corrected chi connectivity index (χ0v) is 30.5. The molecule has 0 radical (unpaired) electrons. The molecule has 2 saturated heterocycles. The van der Waals surface area contributed by atoms with E-state index in [1.54, 1.807) is 29.2 Å². The minimum Gasteiger partial charge on any atom is -0.396 e. The summed E-state index contributed by atoms with van der Waals surface area (Å²) in [6.07, 6.45) is -5.75. The number of aromatic nitrogens is 2. The van der Waals surface area contributed by atoms with Crippen molar-refractivity contribution in [3.63, 3.8) is 0 Å². The van der Waals surface area contributed by atoms with Gasteiger partial charge < -0.3 is 36.4 Å². The van der Waals surface area contributed by atoms with Crippen molar-refractivity contribution < 1.29 is 41.4 Å². The van der Waals surface area contributed by atoms with E-state index in [2.05, 4.69) is 30.4 Å². The van der Waals surface area contributed by atoms with Gasteiger partial charge in [0.2, 0.25) is 0 Å². The highest BCUT2D eigenvalue weighted by Crippen LogP contribution is 2.41.